The zero-order valence-corrected chi connectivity index (χ0v) is 19.6. The minimum atomic E-state index is -0.890. The van der Waals surface area contributed by atoms with Gasteiger partial charge in [-0.2, -0.15) is 26.3 Å². The molecule has 1 aliphatic heterocycles. The van der Waals surface area contributed by atoms with E-state index < -0.39 is 5.60 Å². The van der Waals surface area contributed by atoms with Crippen molar-refractivity contribution in [3.05, 3.63) is 71.8 Å². The number of nitrogens with zero attached hydrogens (tertiary/aromatic N) is 5. The zero-order valence-electron chi connectivity index (χ0n) is 17.9. The lowest BCUT2D eigenvalue weighted by atomic mass is 9.94. The van der Waals surface area contributed by atoms with E-state index in [4.69, 9.17) is 4.74 Å². The maximum Gasteiger partial charge on any atom is 0.172 e. The minimum absolute atomic E-state index is 0.00624. The fraction of sp³-hybridized carbons (Fsp3) is 0.160. The number of rotatable bonds is 4. The predicted octanol–water partition coefficient (Wildman–Crippen LogP) is 6.00. The van der Waals surface area contributed by atoms with Crippen LogP contribution in [-0.4, -0.2) is 5.60 Å². The summed E-state index contributed by atoms with van der Waals surface area (Å²) in [5, 5.41) is 46.9. The van der Waals surface area contributed by atoms with Gasteiger partial charge in [-0.1, -0.05) is 6.08 Å². The second-order valence-electron chi connectivity index (χ2n) is 7.39. The van der Waals surface area contributed by atoms with Gasteiger partial charge in [0, 0.05) is 25.1 Å². The van der Waals surface area contributed by atoms with Gasteiger partial charge in [-0.25, -0.2) is 0 Å². The topological polar surface area (TPSA) is 128 Å². The van der Waals surface area contributed by atoms with Crippen molar-refractivity contribution in [3.63, 3.8) is 0 Å². The lowest BCUT2D eigenvalue weighted by molar-refractivity contribution is 0.0954. The number of thiophene rings is 2. The van der Waals surface area contributed by atoms with Gasteiger partial charge in [0.15, 0.2) is 11.3 Å². The highest BCUT2D eigenvalue weighted by Gasteiger charge is 2.38. The Balaban J connectivity index is 1.98. The number of allylic oxidation sites excluding steroid dienone is 3. The SMILES string of the molecule is Cc1cc(C#N)c(C=C(C#N)c2ccc(C=CC3=C(C#N)C(=C(C#N)C#N)OC3(C)C)s2)s1. The van der Waals surface area contributed by atoms with Crippen LogP contribution in [0.25, 0.3) is 17.7 Å². The van der Waals surface area contributed by atoms with Crippen LogP contribution in [0.1, 0.15) is 38.9 Å². The molecule has 0 saturated carbocycles. The van der Waals surface area contributed by atoms with E-state index in [2.05, 4.69) is 12.1 Å². The molecule has 0 N–H and O–H groups in total. The molecule has 0 aliphatic carbocycles. The predicted molar refractivity (Wildman–Crippen MR) is 127 cm³/mol. The number of hydrogen-bond donors (Lipinski definition) is 0. The highest BCUT2D eigenvalue weighted by molar-refractivity contribution is 7.14. The molecule has 2 aromatic heterocycles. The summed E-state index contributed by atoms with van der Waals surface area (Å²) in [7, 11) is 0. The summed E-state index contributed by atoms with van der Waals surface area (Å²) in [6.45, 7) is 5.43. The van der Waals surface area contributed by atoms with Gasteiger partial charge < -0.3 is 4.74 Å². The van der Waals surface area contributed by atoms with Crippen molar-refractivity contribution in [2.24, 2.45) is 0 Å². The van der Waals surface area contributed by atoms with Crippen LogP contribution in [0.5, 0.6) is 0 Å². The number of nitriles is 5. The lowest BCUT2D eigenvalue weighted by Crippen LogP contribution is -2.20. The molecular formula is C25H15N5OS2. The summed E-state index contributed by atoms with van der Waals surface area (Å²) < 4.78 is 5.76. The van der Waals surface area contributed by atoms with Gasteiger partial charge in [0.05, 0.1) is 11.1 Å². The number of ether oxygens (including phenoxy) is 1. The molecule has 0 amide bonds. The molecule has 158 valence electrons. The second-order valence-corrected chi connectivity index (χ2v) is 9.80. The van der Waals surface area contributed by atoms with Gasteiger partial charge in [0.2, 0.25) is 0 Å². The van der Waals surface area contributed by atoms with Crippen LogP contribution < -0.4 is 0 Å². The van der Waals surface area contributed by atoms with Crippen LogP contribution in [-0.2, 0) is 4.74 Å². The Bertz CT molecular complexity index is 1460. The maximum atomic E-state index is 9.66. The Morgan fingerprint density at radius 3 is 2.30 bits per heavy atom. The van der Waals surface area contributed by atoms with Gasteiger partial charge in [0.25, 0.3) is 0 Å². The summed E-state index contributed by atoms with van der Waals surface area (Å²) in [5.41, 5.74) is 0.572. The molecule has 0 radical (unpaired) electrons. The van der Waals surface area contributed by atoms with Crippen LogP contribution in [0.2, 0.25) is 0 Å². The summed E-state index contributed by atoms with van der Waals surface area (Å²) in [6.07, 6.45) is 5.26. The third kappa shape index (κ3) is 4.62. The molecule has 6 nitrogen and oxygen atoms in total. The second kappa shape index (κ2) is 9.40. The average Bonchev–Trinajstić information content (AvgIpc) is 3.46. The van der Waals surface area contributed by atoms with Crippen molar-refractivity contribution < 1.29 is 4.74 Å². The molecule has 0 fully saturated rings. The van der Waals surface area contributed by atoms with E-state index in [-0.39, 0.29) is 16.9 Å². The third-order valence-electron chi connectivity index (χ3n) is 4.77. The van der Waals surface area contributed by atoms with Crippen LogP contribution in [0.3, 0.4) is 0 Å². The first-order valence-electron chi connectivity index (χ1n) is 9.57. The molecule has 0 unspecified atom stereocenters. The van der Waals surface area contributed by atoms with Crippen molar-refractivity contribution >= 4 is 40.4 Å². The summed E-state index contributed by atoms with van der Waals surface area (Å²) in [5.74, 6) is -0.00624. The van der Waals surface area contributed by atoms with Crippen LogP contribution in [0.4, 0.5) is 0 Å². The van der Waals surface area contributed by atoms with Gasteiger partial charge in [-0.05, 0) is 51.1 Å². The van der Waals surface area contributed by atoms with E-state index in [1.54, 1.807) is 50.3 Å². The molecule has 2 aromatic rings. The molecule has 0 saturated heterocycles. The molecule has 0 aromatic carbocycles. The van der Waals surface area contributed by atoms with E-state index in [0.717, 1.165) is 19.5 Å². The number of hydrogen-bond acceptors (Lipinski definition) is 8. The Labute approximate surface area is 199 Å². The highest BCUT2D eigenvalue weighted by atomic mass is 32.1. The molecule has 3 heterocycles. The average molecular weight is 466 g/mol. The fourth-order valence-electron chi connectivity index (χ4n) is 3.25. The Hall–Kier alpha value is -4.39. The molecule has 33 heavy (non-hydrogen) atoms. The lowest BCUT2D eigenvalue weighted by Gasteiger charge is -2.20. The van der Waals surface area contributed by atoms with E-state index in [1.165, 1.54) is 22.7 Å². The monoisotopic (exact) mass is 465 g/mol. The standard InChI is InChI=1S/C25H15N5OS2/c1-15-8-16(10-26)23(32-15)9-17(11-27)22-7-5-19(33-22)4-6-21-20(14-30)24(18(12-28)13-29)31-25(21,2)3/h4-9H,1-3H3. The van der Waals surface area contributed by atoms with Crippen molar-refractivity contribution in [1.82, 2.24) is 0 Å². The Morgan fingerprint density at radius 2 is 1.70 bits per heavy atom. The summed E-state index contributed by atoms with van der Waals surface area (Å²) in [6, 6.07) is 15.4. The largest absolute Gasteiger partial charge is 0.480 e. The molecule has 0 atom stereocenters. The molecule has 0 bridgehead atoms. The van der Waals surface area contributed by atoms with Gasteiger partial charge in [-0.3, -0.25) is 0 Å². The smallest absolute Gasteiger partial charge is 0.172 e. The molecule has 1 aliphatic rings. The first kappa shape index (κ1) is 23.3. The van der Waals surface area contributed by atoms with Crippen molar-refractivity contribution in [2.45, 2.75) is 26.4 Å². The van der Waals surface area contributed by atoms with Crippen LogP contribution in [0, 0.1) is 63.6 Å². The summed E-state index contributed by atoms with van der Waals surface area (Å²) >= 11 is 2.85. The number of aryl methyl sites for hydroxylation is 1. The molecule has 3 rings (SSSR count). The van der Waals surface area contributed by atoms with E-state index >= 15 is 0 Å². The van der Waals surface area contributed by atoms with Crippen LogP contribution in [0.15, 0.2) is 46.8 Å². The molecular weight excluding hydrogens is 450 g/mol. The first-order chi connectivity index (χ1) is 15.8. The minimum Gasteiger partial charge on any atom is -0.480 e. The van der Waals surface area contributed by atoms with E-state index in [9.17, 15) is 26.3 Å². The Morgan fingerprint density at radius 1 is 0.970 bits per heavy atom. The summed E-state index contributed by atoms with van der Waals surface area (Å²) in [4.78, 5) is 3.33. The molecule has 0 spiro atoms. The van der Waals surface area contributed by atoms with Crippen molar-refractivity contribution in [3.8, 4) is 30.3 Å². The molecule has 8 heteroatoms. The van der Waals surface area contributed by atoms with Crippen molar-refractivity contribution in [1.29, 1.82) is 26.3 Å². The quantitative estimate of drug-likeness (QED) is 0.509. The normalized spacial score (nSPS) is 14.7. The third-order valence-corrected chi connectivity index (χ3v) is 6.85. The van der Waals surface area contributed by atoms with E-state index in [1.807, 2.05) is 25.1 Å². The highest BCUT2D eigenvalue weighted by Crippen LogP contribution is 2.40. The zero-order chi connectivity index (χ0) is 24.2. The fourth-order valence-corrected chi connectivity index (χ4v) is 5.04. The van der Waals surface area contributed by atoms with Gasteiger partial charge in [0.1, 0.15) is 41.5 Å². The van der Waals surface area contributed by atoms with E-state index in [0.29, 0.717) is 16.7 Å². The maximum absolute atomic E-state index is 9.66. The first-order valence-corrected chi connectivity index (χ1v) is 11.2. The van der Waals surface area contributed by atoms with Gasteiger partial charge >= 0.3 is 0 Å². The Kier molecular flexibility index (Phi) is 6.63. The van der Waals surface area contributed by atoms with Crippen LogP contribution >= 0.6 is 22.7 Å². The van der Waals surface area contributed by atoms with Gasteiger partial charge in [-0.15, -0.1) is 22.7 Å². The van der Waals surface area contributed by atoms with Crippen molar-refractivity contribution in [2.75, 3.05) is 0 Å².